The van der Waals surface area contributed by atoms with Gasteiger partial charge in [-0.2, -0.15) is 0 Å². The van der Waals surface area contributed by atoms with Crippen molar-refractivity contribution in [2.45, 2.75) is 13.5 Å². The number of fused-ring (bicyclic) bond motifs is 1. The van der Waals surface area contributed by atoms with Gasteiger partial charge in [0.05, 0.1) is 27.4 Å². The first-order valence-electron chi connectivity index (χ1n) is 6.59. The Balaban J connectivity index is 2.38. The summed E-state index contributed by atoms with van der Waals surface area (Å²) in [5.74, 6) is -1.95. The minimum atomic E-state index is -1.26. The summed E-state index contributed by atoms with van der Waals surface area (Å²) in [5, 5.41) is 20.4. The number of esters is 1. The number of aromatic nitrogens is 1. The Bertz CT molecular complexity index is 871. The fourth-order valence-corrected chi connectivity index (χ4v) is 2.62. The summed E-state index contributed by atoms with van der Waals surface area (Å²) in [5.41, 5.74) is 0.600. The van der Waals surface area contributed by atoms with Crippen LogP contribution in [0.3, 0.4) is 0 Å². The fourth-order valence-electron chi connectivity index (χ4n) is 2.62. The van der Waals surface area contributed by atoms with Gasteiger partial charge in [-0.25, -0.2) is 9.59 Å². The molecule has 8 nitrogen and oxygen atoms in total. The number of carbonyl (C=O) groups is 2. The molecule has 1 N–H and O–H groups in total. The predicted molar refractivity (Wildman–Crippen MR) is 77.1 cm³/mol. The van der Waals surface area contributed by atoms with E-state index >= 15 is 0 Å². The number of benzene rings is 1. The van der Waals surface area contributed by atoms with Crippen LogP contribution in [0.5, 0.6) is 0 Å². The Hall–Kier alpha value is -3.29. The number of carboxylic acid groups (broad SMARTS) is 1. The van der Waals surface area contributed by atoms with Crippen LogP contribution in [-0.4, -0.2) is 27.0 Å². The van der Waals surface area contributed by atoms with Crippen LogP contribution >= 0.6 is 0 Å². The first-order valence-corrected chi connectivity index (χ1v) is 6.59. The second kappa shape index (κ2) is 5.16. The van der Waals surface area contributed by atoms with Gasteiger partial charge in [-0.1, -0.05) is 12.1 Å². The maximum atomic E-state index is 12.0. The Morgan fingerprint density at radius 1 is 1.39 bits per heavy atom. The topological polar surface area (TPSA) is 120 Å². The minimum Gasteiger partial charge on any atom is -0.478 e. The number of hydrogen-bond acceptors (Lipinski definition) is 6. The van der Waals surface area contributed by atoms with Crippen LogP contribution in [0.15, 0.2) is 24.3 Å². The van der Waals surface area contributed by atoms with Gasteiger partial charge in [0.1, 0.15) is 6.61 Å². The zero-order valence-corrected chi connectivity index (χ0v) is 11.9. The van der Waals surface area contributed by atoms with Crippen molar-refractivity contribution >= 4 is 17.6 Å². The number of pyridine rings is 1. The molecule has 0 saturated heterocycles. The molecule has 1 aromatic carbocycles. The molecular formula is C15H10N2O6. The summed E-state index contributed by atoms with van der Waals surface area (Å²) in [6.45, 7) is 1.46. The maximum Gasteiger partial charge on any atom is 0.341 e. The van der Waals surface area contributed by atoms with Gasteiger partial charge in [-0.15, -0.1) is 0 Å². The summed E-state index contributed by atoms with van der Waals surface area (Å²) < 4.78 is 4.92. The summed E-state index contributed by atoms with van der Waals surface area (Å²) >= 11 is 0. The van der Waals surface area contributed by atoms with E-state index in [1.807, 2.05) is 0 Å². The largest absolute Gasteiger partial charge is 0.478 e. The highest BCUT2D eigenvalue weighted by molar-refractivity contribution is 6.07. The highest BCUT2D eigenvalue weighted by atomic mass is 16.6. The van der Waals surface area contributed by atoms with E-state index in [2.05, 4.69) is 4.98 Å². The molecule has 1 aromatic heterocycles. The molecule has 2 aromatic rings. The van der Waals surface area contributed by atoms with E-state index in [0.29, 0.717) is 5.69 Å². The van der Waals surface area contributed by atoms with Crippen LogP contribution in [0.1, 0.15) is 32.1 Å². The number of aryl methyl sites for hydroxylation is 1. The van der Waals surface area contributed by atoms with E-state index in [1.165, 1.54) is 31.2 Å². The molecule has 1 aliphatic heterocycles. The van der Waals surface area contributed by atoms with Crippen molar-refractivity contribution in [1.82, 2.24) is 4.98 Å². The molecule has 0 unspecified atom stereocenters. The van der Waals surface area contributed by atoms with Crippen LogP contribution < -0.4 is 0 Å². The van der Waals surface area contributed by atoms with E-state index < -0.39 is 16.9 Å². The molecule has 0 amide bonds. The first-order chi connectivity index (χ1) is 10.9. The molecule has 0 saturated carbocycles. The van der Waals surface area contributed by atoms with E-state index in [1.54, 1.807) is 0 Å². The SMILES string of the molecule is Cc1nc2c(c(-c3cccc([N+](=O)[O-])c3)c1C(=O)O)C(=O)OC2. The lowest BCUT2D eigenvalue weighted by atomic mass is 9.93. The van der Waals surface area contributed by atoms with Gasteiger partial charge >= 0.3 is 11.9 Å². The third-order valence-electron chi connectivity index (χ3n) is 3.56. The second-order valence-corrected chi connectivity index (χ2v) is 4.96. The number of carbonyl (C=O) groups excluding carboxylic acids is 1. The van der Waals surface area contributed by atoms with Crippen molar-refractivity contribution in [2.75, 3.05) is 0 Å². The summed E-state index contributed by atoms with van der Waals surface area (Å²) in [6, 6.07) is 5.46. The highest BCUT2D eigenvalue weighted by Gasteiger charge is 2.32. The number of nitro groups is 1. The molecule has 0 fully saturated rings. The molecule has 0 atom stereocenters. The number of carboxylic acids is 1. The lowest BCUT2D eigenvalue weighted by Gasteiger charge is -2.12. The van der Waals surface area contributed by atoms with Gasteiger partial charge in [0.2, 0.25) is 0 Å². The number of hydrogen-bond donors (Lipinski definition) is 1. The summed E-state index contributed by atoms with van der Waals surface area (Å²) in [6.07, 6.45) is 0. The quantitative estimate of drug-likeness (QED) is 0.524. The van der Waals surface area contributed by atoms with E-state index in [-0.39, 0.29) is 40.2 Å². The highest BCUT2D eigenvalue weighted by Crippen LogP contribution is 2.36. The molecule has 0 aliphatic carbocycles. The van der Waals surface area contributed by atoms with Gasteiger partial charge in [-0.3, -0.25) is 15.1 Å². The lowest BCUT2D eigenvalue weighted by Crippen LogP contribution is -2.10. The predicted octanol–water partition coefficient (Wildman–Crippen LogP) is 2.33. The second-order valence-electron chi connectivity index (χ2n) is 4.96. The number of cyclic esters (lactones) is 1. The Morgan fingerprint density at radius 3 is 2.78 bits per heavy atom. The lowest BCUT2D eigenvalue weighted by molar-refractivity contribution is -0.384. The molecule has 23 heavy (non-hydrogen) atoms. The van der Waals surface area contributed by atoms with Gasteiger partial charge < -0.3 is 9.84 Å². The van der Waals surface area contributed by atoms with Crippen LogP contribution in [0, 0.1) is 17.0 Å². The van der Waals surface area contributed by atoms with Gasteiger partial charge in [0.15, 0.2) is 0 Å². The average Bonchev–Trinajstić information content (AvgIpc) is 2.86. The van der Waals surface area contributed by atoms with Gasteiger partial charge in [-0.05, 0) is 12.5 Å². The van der Waals surface area contributed by atoms with Crippen molar-refractivity contribution in [3.63, 3.8) is 0 Å². The number of aromatic carboxylic acids is 1. The Morgan fingerprint density at radius 2 is 2.13 bits per heavy atom. The van der Waals surface area contributed by atoms with E-state index in [0.717, 1.165) is 0 Å². The zero-order valence-electron chi connectivity index (χ0n) is 11.9. The fraction of sp³-hybridized carbons (Fsp3) is 0.133. The molecule has 1 aliphatic rings. The van der Waals surface area contributed by atoms with Gasteiger partial charge in [0.25, 0.3) is 5.69 Å². The summed E-state index contributed by atoms with van der Waals surface area (Å²) in [7, 11) is 0. The van der Waals surface area contributed by atoms with Crippen molar-refractivity contribution in [2.24, 2.45) is 0 Å². The molecule has 116 valence electrons. The normalized spacial score (nSPS) is 12.7. The third-order valence-corrected chi connectivity index (χ3v) is 3.56. The Labute approximate surface area is 129 Å². The number of non-ortho nitro benzene ring substituents is 1. The molecule has 2 heterocycles. The monoisotopic (exact) mass is 314 g/mol. The van der Waals surface area contributed by atoms with Crippen molar-refractivity contribution in [3.8, 4) is 11.1 Å². The molecule has 8 heteroatoms. The van der Waals surface area contributed by atoms with Crippen LogP contribution in [0.25, 0.3) is 11.1 Å². The molecule has 0 radical (unpaired) electrons. The van der Waals surface area contributed by atoms with Crippen molar-refractivity contribution < 1.29 is 24.4 Å². The Kier molecular flexibility index (Phi) is 3.29. The van der Waals surface area contributed by atoms with Crippen LogP contribution in [-0.2, 0) is 11.3 Å². The third kappa shape index (κ3) is 2.30. The van der Waals surface area contributed by atoms with Crippen molar-refractivity contribution in [3.05, 3.63) is 56.9 Å². The molecule has 3 rings (SSSR count). The van der Waals surface area contributed by atoms with Gasteiger partial charge in [0, 0.05) is 17.7 Å². The first kappa shape index (κ1) is 14.6. The number of rotatable bonds is 3. The average molecular weight is 314 g/mol. The molecular weight excluding hydrogens is 304 g/mol. The van der Waals surface area contributed by atoms with Crippen molar-refractivity contribution in [1.29, 1.82) is 0 Å². The smallest absolute Gasteiger partial charge is 0.341 e. The maximum absolute atomic E-state index is 12.0. The number of ether oxygens (including phenoxy) is 1. The molecule has 0 bridgehead atoms. The number of nitro benzene ring substituents is 1. The standard InChI is InChI=1S/C15H10N2O6/c1-7-11(14(18)19)12(13-10(16-7)6-23-15(13)20)8-3-2-4-9(5-8)17(21)22/h2-5H,6H2,1H3,(H,18,19). The van der Waals surface area contributed by atoms with Crippen LogP contribution in [0.2, 0.25) is 0 Å². The minimum absolute atomic E-state index is 0.0448. The zero-order chi connectivity index (χ0) is 16.7. The summed E-state index contributed by atoms with van der Waals surface area (Å²) in [4.78, 5) is 38.1. The van der Waals surface area contributed by atoms with E-state index in [4.69, 9.17) is 4.74 Å². The number of nitrogens with zero attached hydrogens (tertiary/aromatic N) is 2. The van der Waals surface area contributed by atoms with Crippen LogP contribution in [0.4, 0.5) is 5.69 Å². The molecule has 0 spiro atoms. The van der Waals surface area contributed by atoms with E-state index in [9.17, 15) is 24.8 Å².